The topological polar surface area (TPSA) is 46.3 Å². The first-order chi connectivity index (χ1) is 10.8. The van der Waals surface area contributed by atoms with E-state index in [-0.39, 0.29) is 0 Å². The molecule has 2 aromatic rings. The van der Waals surface area contributed by atoms with Crippen LogP contribution in [0.3, 0.4) is 0 Å². The fraction of sp³-hybridized carbons (Fsp3) is 0.647. The summed E-state index contributed by atoms with van der Waals surface area (Å²) in [5.41, 5.74) is 2.09. The molecule has 118 valence electrons. The minimum absolute atomic E-state index is 0.365. The van der Waals surface area contributed by atoms with E-state index in [1.807, 2.05) is 13.0 Å². The van der Waals surface area contributed by atoms with Crippen molar-refractivity contribution in [3.05, 3.63) is 17.1 Å². The molecule has 22 heavy (non-hydrogen) atoms. The molecule has 4 rings (SSSR count). The summed E-state index contributed by atoms with van der Waals surface area (Å²) in [6, 6.07) is 2.00. The van der Waals surface area contributed by atoms with E-state index in [0.717, 1.165) is 50.2 Å². The number of fused-ring (bicyclic) bond motifs is 1. The van der Waals surface area contributed by atoms with Crippen LogP contribution < -0.4 is 0 Å². The number of Topliss-reactive ketones (excluding diaryl/α,β-unsaturated/α-hetero) is 1. The molecule has 2 aromatic heterocycles. The second-order valence-corrected chi connectivity index (χ2v) is 7.59. The molecular formula is C17H22N2O2S. The number of rotatable bonds is 5. The normalized spacial score (nSPS) is 26.6. The summed E-state index contributed by atoms with van der Waals surface area (Å²) < 4.78 is 6.64. The molecule has 1 saturated carbocycles. The Labute approximate surface area is 134 Å². The largest absolute Gasteiger partial charge is 0.355 e. The molecule has 2 atom stereocenters. The fourth-order valence-electron chi connectivity index (χ4n) is 3.78. The highest BCUT2D eigenvalue weighted by molar-refractivity contribution is 7.17. The molecular weight excluding hydrogens is 296 g/mol. The number of carbonyl (C=O) groups is 1. The zero-order chi connectivity index (χ0) is 15.1. The van der Waals surface area contributed by atoms with E-state index in [2.05, 4.69) is 15.4 Å². The Bertz CT molecular complexity index is 669. The first-order valence-corrected chi connectivity index (χ1v) is 9.22. The summed E-state index contributed by atoms with van der Waals surface area (Å²) >= 11 is 1.73. The second-order valence-electron chi connectivity index (χ2n) is 6.68. The van der Waals surface area contributed by atoms with Gasteiger partial charge in [0.15, 0.2) is 5.58 Å². The summed E-state index contributed by atoms with van der Waals surface area (Å²) in [6.45, 7) is 5.32. The highest BCUT2D eigenvalue weighted by Crippen LogP contribution is 2.42. The maximum absolute atomic E-state index is 11.7. The number of ketones is 1. The number of thiophene rings is 1. The molecule has 0 unspecified atom stereocenters. The molecule has 2 fully saturated rings. The van der Waals surface area contributed by atoms with Crippen LogP contribution in [0.25, 0.3) is 10.3 Å². The Morgan fingerprint density at radius 1 is 1.45 bits per heavy atom. The molecule has 0 radical (unpaired) electrons. The Kier molecular flexibility index (Phi) is 3.78. The third kappa shape index (κ3) is 2.61. The quantitative estimate of drug-likeness (QED) is 0.843. The van der Waals surface area contributed by atoms with Crippen LogP contribution in [-0.4, -0.2) is 35.5 Å². The Morgan fingerprint density at radius 2 is 2.27 bits per heavy atom. The van der Waals surface area contributed by atoms with Crippen molar-refractivity contribution in [3.8, 4) is 0 Å². The Morgan fingerprint density at radius 3 is 3.05 bits per heavy atom. The van der Waals surface area contributed by atoms with Crippen LogP contribution >= 0.6 is 11.3 Å². The zero-order valence-corrected chi connectivity index (χ0v) is 13.8. The number of likely N-dealkylation sites (tertiary alicyclic amines) is 1. The second kappa shape index (κ2) is 5.78. The average molecular weight is 318 g/mol. The van der Waals surface area contributed by atoms with E-state index in [9.17, 15) is 4.79 Å². The molecule has 1 saturated heterocycles. The molecule has 0 spiro atoms. The van der Waals surface area contributed by atoms with Gasteiger partial charge in [0, 0.05) is 24.8 Å². The average Bonchev–Trinajstić information content (AvgIpc) is 2.96. The first-order valence-electron chi connectivity index (χ1n) is 8.34. The van der Waals surface area contributed by atoms with Crippen molar-refractivity contribution in [2.45, 2.75) is 38.5 Å². The van der Waals surface area contributed by atoms with Crippen molar-refractivity contribution < 1.29 is 9.32 Å². The van der Waals surface area contributed by atoms with Gasteiger partial charge in [-0.2, -0.15) is 0 Å². The SMILES string of the molecule is CCC(=O)[C@H]1C[C@@H]1CN1CCC(c2noc3ccsc23)CC1. The van der Waals surface area contributed by atoms with Gasteiger partial charge in [-0.05, 0) is 49.7 Å². The number of nitrogens with zero attached hydrogens (tertiary/aromatic N) is 2. The molecule has 0 bridgehead atoms. The lowest BCUT2D eigenvalue weighted by molar-refractivity contribution is -0.120. The molecule has 1 aliphatic heterocycles. The lowest BCUT2D eigenvalue weighted by atomic mass is 9.93. The van der Waals surface area contributed by atoms with E-state index in [1.165, 1.54) is 4.70 Å². The van der Waals surface area contributed by atoms with Crippen LogP contribution in [0.2, 0.25) is 0 Å². The van der Waals surface area contributed by atoms with E-state index in [1.54, 1.807) is 11.3 Å². The summed E-state index contributed by atoms with van der Waals surface area (Å²) in [5.74, 6) is 1.98. The standard InChI is InChI=1S/C17H22N2O2S/c1-2-14(20)13-9-12(13)10-19-6-3-11(4-7-19)16-17-15(21-18-16)5-8-22-17/h5,8,11-13H,2-4,6-7,9-10H2,1H3/t12-,13+/m1/s1. The van der Waals surface area contributed by atoms with Crippen molar-refractivity contribution in [1.29, 1.82) is 0 Å². The number of aromatic nitrogens is 1. The number of carbonyl (C=O) groups excluding carboxylic acids is 1. The first kappa shape index (κ1) is 14.4. The van der Waals surface area contributed by atoms with Crippen LogP contribution in [0.5, 0.6) is 0 Å². The highest BCUT2D eigenvalue weighted by Gasteiger charge is 2.42. The number of piperidine rings is 1. The van der Waals surface area contributed by atoms with Crippen molar-refractivity contribution >= 4 is 27.4 Å². The van der Waals surface area contributed by atoms with Gasteiger partial charge in [-0.1, -0.05) is 12.1 Å². The van der Waals surface area contributed by atoms with Crippen LogP contribution in [0.1, 0.15) is 44.2 Å². The van der Waals surface area contributed by atoms with Gasteiger partial charge in [0.25, 0.3) is 0 Å². The van der Waals surface area contributed by atoms with E-state index in [0.29, 0.717) is 30.0 Å². The lowest BCUT2D eigenvalue weighted by Crippen LogP contribution is -2.35. The van der Waals surface area contributed by atoms with Crippen LogP contribution in [-0.2, 0) is 4.79 Å². The van der Waals surface area contributed by atoms with Crippen LogP contribution in [0, 0.1) is 11.8 Å². The van der Waals surface area contributed by atoms with Crippen molar-refractivity contribution in [2.75, 3.05) is 19.6 Å². The minimum Gasteiger partial charge on any atom is -0.355 e. The number of hydrogen-bond acceptors (Lipinski definition) is 5. The predicted octanol–water partition coefficient (Wildman–Crippen LogP) is 3.68. The zero-order valence-electron chi connectivity index (χ0n) is 13.0. The van der Waals surface area contributed by atoms with Crippen LogP contribution in [0.15, 0.2) is 16.0 Å². The van der Waals surface area contributed by atoms with E-state index < -0.39 is 0 Å². The maximum atomic E-state index is 11.7. The van der Waals surface area contributed by atoms with Crippen molar-refractivity contribution in [1.82, 2.24) is 10.1 Å². The Hall–Kier alpha value is -1.20. The number of hydrogen-bond donors (Lipinski definition) is 0. The van der Waals surface area contributed by atoms with Gasteiger partial charge < -0.3 is 9.42 Å². The van der Waals surface area contributed by atoms with Gasteiger partial charge >= 0.3 is 0 Å². The van der Waals surface area contributed by atoms with Gasteiger partial charge in [-0.15, -0.1) is 11.3 Å². The van der Waals surface area contributed by atoms with Gasteiger partial charge in [0.1, 0.15) is 11.5 Å². The molecule has 4 nitrogen and oxygen atoms in total. The van der Waals surface area contributed by atoms with E-state index >= 15 is 0 Å². The van der Waals surface area contributed by atoms with Crippen molar-refractivity contribution in [2.24, 2.45) is 11.8 Å². The molecule has 0 N–H and O–H groups in total. The molecule has 3 heterocycles. The lowest BCUT2D eigenvalue weighted by Gasteiger charge is -2.31. The van der Waals surface area contributed by atoms with Gasteiger partial charge in [-0.3, -0.25) is 4.79 Å². The predicted molar refractivity (Wildman–Crippen MR) is 87.2 cm³/mol. The minimum atomic E-state index is 0.365. The van der Waals surface area contributed by atoms with E-state index in [4.69, 9.17) is 4.52 Å². The third-order valence-electron chi connectivity index (χ3n) is 5.26. The fourth-order valence-corrected chi connectivity index (χ4v) is 4.66. The molecule has 0 aromatic carbocycles. The smallest absolute Gasteiger partial charge is 0.177 e. The summed E-state index contributed by atoms with van der Waals surface area (Å²) in [6.07, 6.45) is 4.12. The third-order valence-corrected chi connectivity index (χ3v) is 6.17. The summed E-state index contributed by atoms with van der Waals surface area (Å²) in [5, 5.41) is 6.37. The monoisotopic (exact) mass is 318 g/mol. The summed E-state index contributed by atoms with van der Waals surface area (Å²) in [7, 11) is 0. The molecule has 0 amide bonds. The maximum Gasteiger partial charge on any atom is 0.177 e. The van der Waals surface area contributed by atoms with Crippen LogP contribution in [0.4, 0.5) is 0 Å². The highest BCUT2D eigenvalue weighted by atomic mass is 32.1. The molecule has 2 aliphatic rings. The van der Waals surface area contributed by atoms with Gasteiger partial charge in [0.05, 0.1) is 4.70 Å². The summed E-state index contributed by atoms with van der Waals surface area (Å²) in [4.78, 5) is 14.2. The van der Waals surface area contributed by atoms with Gasteiger partial charge in [-0.25, -0.2) is 0 Å². The Balaban J connectivity index is 1.32. The van der Waals surface area contributed by atoms with Gasteiger partial charge in [0.2, 0.25) is 0 Å². The van der Waals surface area contributed by atoms with Crippen molar-refractivity contribution in [3.63, 3.8) is 0 Å². The molecule has 1 aliphatic carbocycles. The molecule has 5 heteroatoms.